The summed E-state index contributed by atoms with van der Waals surface area (Å²) in [5.74, 6) is -3.60. The second kappa shape index (κ2) is 12.0. The number of carbonyl (C=O) groups excluding carboxylic acids is 2. The third kappa shape index (κ3) is 5.33. The molecule has 3 aromatic heterocycles. The van der Waals surface area contributed by atoms with E-state index >= 15 is 0 Å². The lowest BCUT2D eigenvalue weighted by Crippen LogP contribution is -2.13. The van der Waals surface area contributed by atoms with Gasteiger partial charge in [-0.25, -0.2) is 13.8 Å². The Kier molecular flexibility index (Phi) is 8.17. The van der Waals surface area contributed by atoms with E-state index in [1.807, 2.05) is 0 Å². The first-order chi connectivity index (χ1) is 21.9. The number of hydrogen-bond donors (Lipinski definition) is 1. The Bertz CT molecular complexity index is 2060. The van der Waals surface area contributed by atoms with E-state index in [1.54, 1.807) is 11.6 Å². The number of aromatic nitrogens is 3. The number of ketones is 1. The third-order valence-corrected chi connectivity index (χ3v) is 7.91. The number of methoxy groups -OCH3 is 1. The molecule has 0 aliphatic carbocycles. The van der Waals surface area contributed by atoms with E-state index in [-0.39, 0.29) is 64.7 Å². The Balaban J connectivity index is 1.52. The van der Waals surface area contributed by atoms with Gasteiger partial charge in [-0.15, -0.1) is 11.6 Å². The number of anilines is 1. The summed E-state index contributed by atoms with van der Waals surface area (Å²) in [5, 5.41) is 2.07. The number of halogens is 6. The van der Waals surface area contributed by atoms with Crippen LogP contribution in [0.5, 0.6) is 0 Å². The van der Waals surface area contributed by atoms with Crippen LogP contribution in [-0.4, -0.2) is 38.6 Å². The first kappa shape index (κ1) is 31.4. The smallest absolute Gasteiger partial charge is 0.377 e. The van der Waals surface area contributed by atoms with Gasteiger partial charge in [0.05, 0.1) is 41.0 Å². The molecule has 5 aromatic rings. The fourth-order valence-corrected chi connectivity index (χ4v) is 5.83. The highest BCUT2D eigenvalue weighted by atomic mass is 35.5. The van der Waals surface area contributed by atoms with Gasteiger partial charge in [0, 0.05) is 60.1 Å². The van der Waals surface area contributed by atoms with Gasteiger partial charge in [-0.3, -0.25) is 9.59 Å². The number of nitrogens with one attached hydrogen (secondary N) is 1. The molecule has 46 heavy (non-hydrogen) atoms. The van der Waals surface area contributed by atoms with Crippen molar-refractivity contribution < 1.29 is 41.0 Å². The number of allylic oxidation sites excluding steroid dienone is 1. The van der Waals surface area contributed by atoms with E-state index < -0.39 is 40.8 Å². The molecular weight excluding hydrogens is 635 g/mol. The Morgan fingerprint density at radius 2 is 1.89 bits per heavy atom. The highest BCUT2D eigenvalue weighted by molar-refractivity contribution is 6.19. The number of aryl methyl sites for hydroxylation is 1. The minimum absolute atomic E-state index is 0.0116. The number of alkyl halides is 4. The Morgan fingerprint density at radius 3 is 2.57 bits per heavy atom. The van der Waals surface area contributed by atoms with Crippen molar-refractivity contribution in [1.82, 2.24) is 14.0 Å². The Hall–Kier alpha value is -4.59. The topological polar surface area (TPSA) is 86.9 Å². The van der Waals surface area contributed by atoms with Crippen molar-refractivity contribution in [2.24, 2.45) is 7.05 Å². The number of carbonyl (C=O) groups is 2. The lowest BCUT2D eigenvalue weighted by atomic mass is 9.91. The van der Waals surface area contributed by atoms with Crippen molar-refractivity contribution in [2.75, 3.05) is 18.3 Å². The largest absolute Gasteiger partial charge is 0.417 e. The lowest BCUT2D eigenvalue weighted by Gasteiger charge is -2.22. The van der Waals surface area contributed by atoms with Crippen molar-refractivity contribution in [3.8, 4) is 11.1 Å². The Morgan fingerprint density at radius 1 is 1.15 bits per heavy atom. The second-order valence-electron chi connectivity index (χ2n) is 10.5. The molecule has 1 N–H and O–H groups in total. The summed E-state index contributed by atoms with van der Waals surface area (Å²) in [6.45, 7) is -0.213. The molecule has 238 valence electrons. The van der Waals surface area contributed by atoms with Crippen molar-refractivity contribution in [1.29, 1.82) is 0 Å². The zero-order valence-electron chi connectivity index (χ0n) is 24.3. The standard InChI is InChI=1S/C32H24ClF5N4O4/c1-41-23-12-20(32(36,37)38)27-18-5-4-8-42-24(11-17(30(18)42)13-46-14-19(27)28(23)39-25(41)15-45-2)31(44)16-9-21(34)29(22(35)10-16)40-26(43)6-3-7-33/h3-6,8-12H,7,13-15H2,1-2H3,(H,40,43)/b6-3+. The molecule has 0 radical (unpaired) electrons. The van der Waals surface area contributed by atoms with Crippen LogP contribution in [-0.2, 0) is 47.3 Å². The summed E-state index contributed by atoms with van der Waals surface area (Å²) in [7, 11) is 3.06. The number of pyridine rings is 1. The maximum absolute atomic E-state index is 15.0. The van der Waals surface area contributed by atoms with E-state index in [9.17, 15) is 31.5 Å². The highest BCUT2D eigenvalue weighted by Gasteiger charge is 2.38. The van der Waals surface area contributed by atoms with Gasteiger partial charge in [-0.1, -0.05) is 12.1 Å². The van der Waals surface area contributed by atoms with Gasteiger partial charge in [0.25, 0.3) is 0 Å². The molecule has 0 bridgehead atoms. The van der Waals surface area contributed by atoms with Crippen LogP contribution in [0.3, 0.4) is 0 Å². The SMILES string of the molecule is COCc1nc2c3c(c(C(F)(F)F)cc2n1C)-c1cccn2c(C(=O)c4cc(F)c(NC(=O)/C=C/CCl)c(F)c4)cc(c12)COC3. The average molecular weight is 659 g/mol. The predicted molar refractivity (Wildman–Crippen MR) is 160 cm³/mol. The number of nitrogens with zero attached hydrogens (tertiary/aromatic N) is 3. The molecule has 1 amide bonds. The number of hydrogen-bond acceptors (Lipinski definition) is 5. The molecule has 14 heteroatoms. The summed E-state index contributed by atoms with van der Waals surface area (Å²) in [6.07, 6.45) is -1.01. The lowest BCUT2D eigenvalue weighted by molar-refractivity contribution is -0.137. The normalized spacial score (nSPS) is 13.3. The second-order valence-corrected chi connectivity index (χ2v) is 10.8. The van der Waals surface area contributed by atoms with E-state index in [0.29, 0.717) is 16.9 Å². The maximum Gasteiger partial charge on any atom is 0.417 e. The van der Waals surface area contributed by atoms with Gasteiger partial charge < -0.3 is 23.8 Å². The van der Waals surface area contributed by atoms with Crippen LogP contribution in [0.4, 0.5) is 27.6 Å². The number of amides is 1. The molecule has 1 aliphatic heterocycles. The average Bonchev–Trinajstić information content (AvgIpc) is 3.53. The molecule has 2 aromatic carbocycles. The summed E-state index contributed by atoms with van der Waals surface area (Å²) >= 11 is 5.48. The van der Waals surface area contributed by atoms with Crippen LogP contribution >= 0.6 is 11.6 Å². The monoisotopic (exact) mass is 658 g/mol. The Labute approximate surface area is 263 Å². The molecule has 0 unspecified atom stereocenters. The molecule has 0 saturated carbocycles. The van der Waals surface area contributed by atoms with Crippen LogP contribution in [0, 0.1) is 11.6 Å². The summed E-state index contributed by atoms with van der Waals surface area (Å²) in [4.78, 5) is 30.2. The molecule has 8 nitrogen and oxygen atoms in total. The minimum atomic E-state index is -4.77. The highest BCUT2D eigenvalue weighted by Crippen LogP contribution is 2.45. The maximum atomic E-state index is 15.0. The zero-order chi connectivity index (χ0) is 32.9. The fraction of sp³-hybridized carbons (Fsp3) is 0.219. The van der Waals surface area contributed by atoms with E-state index in [1.165, 1.54) is 42.0 Å². The summed E-state index contributed by atoms with van der Waals surface area (Å²) in [6, 6.07) is 7.02. The van der Waals surface area contributed by atoms with Crippen molar-refractivity contribution >= 4 is 45.5 Å². The minimum Gasteiger partial charge on any atom is -0.377 e. The van der Waals surface area contributed by atoms with E-state index in [4.69, 9.17) is 21.1 Å². The van der Waals surface area contributed by atoms with E-state index in [0.717, 1.165) is 24.3 Å². The number of benzene rings is 2. The van der Waals surface area contributed by atoms with Crippen LogP contribution in [0.2, 0.25) is 0 Å². The van der Waals surface area contributed by atoms with Crippen molar-refractivity contribution in [3.05, 3.63) is 100 Å². The van der Waals surface area contributed by atoms with Gasteiger partial charge in [-0.05, 0) is 30.3 Å². The number of ether oxygens (including phenoxy) is 2. The van der Waals surface area contributed by atoms with Crippen molar-refractivity contribution in [3.63, 3.8) is 0 Å². The molecule has 6 rings (SSSR count). The number of fused-ring (bicyclic) bond motifs is 4. The molecule has 1 aliphatic rings. The van der Waals surface area contributed by atoms with Gasteiger partial charge in [0.1, 0.15) is 29.8 Å². The number of rotatable bonds is 7. The van der Waals surface area contributed by atoms with Gasteiger partial charge in [-0.2, -0.15) is 13.2 Å². The van der Waals surface area contributed by atoms with Crippen molar-refractivity contribution in [2.45, 2.75) is 26.0 Å². The molecule has 0 spiro atoms. The first-order valence-electron chi connectivity index (χ1n) is 13.8. The first-order valence-corrected chi connectivity index (χ1v) is 14.3. The van der Waals surface area contributed by atoms with Gasteiger partial charge in [0.2, 0.25) is 11.7 Å². The molecule has 0 fully saturated rings. The molecular formula is C32H24ClF5N4O4. The summed E-state index contributed by atoms with van der Waals surface area (Å²) in [5.41, 5.74) is -0.620. The van der Waals surface area contributed by atoms with E-state index in [2.05, 4.69) is 10.3 Å². The molecule has 0 atom stereocenters. The number of imidazole rings is 1. The summed E-state index contributed by atoms with van der Waals surface area (Å²) < 4.78 is 88.1. The fourth-order valence-electron chi connectivity index (χ4n) is 5.74. The third-order valence-electron chi connectivity index (χ3n) is 7.73. The van der Waals surface area contributed by atoms with Gasteiger partial charge >= 0.3 is 6.18 Å². The van der Waals surface area contributed by atoms with Gasteiger partial charge in [0.15, 0.2) is 0 Å². The predicted octanol–water partition coefficient (Wildman–Crippen LogP) is 6.93. The van der Waals surface area contributed by atoms with Crippen LogP contribution < -0.4 is 5.32 Å². The van der Waals surface area contributed by atoms with Crippen LogP contribution in [0.1, 0.15) is 38.6 Å². The quantitative estimate of drug-likeness (QED) is 0.0887. The van der Waals surface area contributed by atoms with Crippen LogP contribution in [0.15, 0.2) is 54.7 Å². The molecule has 4 heterocycles. The zero-order valence-corrected chi connectivity index (χ0v) is 25.0. The molecule has 0 saturated heterocycles. The van der Waals surface area contributed by atoms with Crippen LogP contribution in [0.25, 0.3) is 27.7 Å².